The number of methoxy groups -OCH3 is 1. The van der Waals surface area contributed by atoms with Crippen LogP contribution in [-0.4, -0.2) is 32.8 Å². The van der Waals surface area contributed by atoms with Gasteiger partial charge in [0.2, 0.25) is 5.91 Å². The number of fused-ring (bicyclic) bond motifs is 4. The van der Waals surface area contributed by atoms with Gasteiger partial charge >= 0.3 is 0 Å². The van der Waals surface area contributed by atoms with Crippen molar-refractivity contribution >= 4 is 17.3 Å². The SMILES string of the molecule is CCN1C(=O)C2(c3ccccc31)c1cc(F)ccc1N(C)[C@@H]2OC. The van der Waals surface area contributed by atoms with Crippen LogP contribution >= 0.6 is 0 Å². The number of rotatable bonds is 2. The molecule has 4 rings (SSSR count). The summed E-state index contributed by atoms with van der Waals surface area (Å²) in [5, 5.41) is 0. The molecule has 1 amide bonds. The van der Waals surface area contributed by atoms with E-state index in [0.717, 1.165) is 16.9 Å². The van der Waals surface area contributed by atoms with Crippen molar-refractivity contribution in [3.05, 3.63) is 59.4 Å². The van der Waals surface area contributed by atoms with Gasteiger partial charge in [0.05, 0.1) is 0 Å². The molecule has 5 heteroatoms. The molecular formula is C19H19FN2O2. The maximum absolute atomic E-state index is 14.1. The Bertz CT molecular complexity index is 838. The van der Waals surface area contributed by atoms with Crippen molar-refractivity contribution in [1.82, 2.24) is 0 Å². The lowest BCUT2D eigenvalue weighted by Crippen LogP contribution is -2.52. The number of amides is 1. The second kappa shape index (κ2) is 5.05. The molecule has 0 aromatic heterocycles. The van der Waals surface area contributed by atoms with Gasteiger partial charge in [0.1, 0.15) is 11.2 Å². The molecule has 2 heterocycles. The first-order valence-corrected chi connectivity index (χ1v) is 8.04. The number of anilines is 2. The number of carbonyl (C=O) groups excluding carboxylic acids is 1. The third-order valence-corrected chi connectivity index (χ3v) is 5.23. The summed E-state index contributed by atoms with van der Waals surface area (Å²) in [6.07, 6.45) is -0.514. The molecule has 0 aliphatic carbocycles. The molecule has 0 N–H and O–H groups in total. The largest absolute Gasteiger partial charge is 0.360 e. The van der Waals surface area contributed by atoms with Crippen molar-refractivity contribution in [2.75, 3.05) is 30.5 Å². The Labute approximate surface area is 140 Å². The summed E-state index contributed by atoms with van der Waals surface area (Å²) >= 11 is 0. The average Bonchev–Trinajstić information content (AvgIpc) is 2.98. The van der Waals surface area contributed by atoms with Gasteiger partial charge < -0.3 is 14.5 Å². The van der Waals surface area contributed by atoms with Gasteiger partial charge in [0, 0.05) is 43.2 Å². The highest BCUT2D eigenvalue weighted by Crippen LogP contribution is 2.56. The molecule has 0 fully saturated rings. The van der Waals surface area contributed by atoms with Gasteiger partial charge in [0.15, 0.2) is 6.23 Å². The molecule has 0 radical (unpaired) electrons. The number of carbonyl (C=O) groups is 1. The Balaban J connectivity index is 2.10. The van der Waals surface area contributed by atoms with E-state index in [-0.39, 0.29) is 11.7 Å². The Morgan fingerprint density at radius 2 is 1.92 bits per heavy atom. The summed E-state index contributed by atoms with van der Waals surface area (Å²) in [5.74, 6) is -0.409. The molecule has 2 aromatic rings. The first kappa shape index (κ1) is 15.1. The Hall–Kier alpha value is -2.40. The van der Waals surface area contributed by atoms with Gasteiger partial charge in [-0.1, -0.05) is 18.2 Å². The molecule has 0 bridgehead atoms. The Morgan fingerprint density at radius 1 is 1.17 bits per heavy atom. The van der Waals surface area contributed by atoms with Crippen molar-refractivity contribution in [3.8, 4) is 0 Å². The summed E-state index contributed by atoms with van der Waals surface area (Å²) in [6, 6.07) is 12.3. The van der Waals surface area contributed by atoms with E-state index in [1.807, 2.05) is 43.1 Å². The van der Waals surface area contributed by atoms with E-state index in [1.165, 1.54) is 12.1 Å². The highest BCUT2D eigenvalue weighted by molar-refractivity contribution is 6.13. The van der Waals surface area contributed by atoms with Crippen LogP contribution in [0.3, 0.4) is 0 Å². The van der Waals surface area contributed by atoms with Crippen LogP contribution in [0.4, 0.5) is 15.8 Å². The molecule has 0 saturated carbocycles. The lowest BCUT2D eigenvalue weighted by Gasteiger charge is -2.33. The smallest absolute Gasteiger partial charge is 0.246 e. The number of nitrogens with zero attached hydrogens (tertiary/aromatic N) is 2. The van der Waals surface area contributed by atoms with Gasteiger partial charge in [-0.15, -0.1) is 0 Å². The fourth-order valence-corrected chi connectivity index (χ4v) is 4.31. The van der Waals surface area contributed by atoms with Crippen molar-refractivity contribution < 1.29 is 13.9 Å². The average molecular weight is 326 g/mol. The Kier molecular flexibility index (Phi) is 3.18. The molecule has 2 aliphatic heterocycles. The van der Waals surface area contributed by atoms with Gasteiger partial charge in [-0.25, -0.2) is 4.39 Å². The molecular weight excluding hydrogens is 307 g/mol. The van der Waals surface area contributed by atoms with Gasteiger partial charge in [0.25, 0.3) is 0 Å². The molecule has 2 atom stereocenters. The van der Waals surface area contributed by atoms with Crippen LogP contribution in [0, 0.1) is 5.82 Å². The Morgan fingerprint density at radius 3 is 2.62 bits per heavy atom. The zero-order valence-corrected chi connectivity index (χ0v) is 13.9. The van der Waals surface area contributed by atoms with Crippen LogP contribution in [0.5, 0.6) is 0 Å². The number of halogens is 1. The maximum atomic E-state index is 14.1. The quantitative estimate of drug-likeness (QED) is 0.851. The van der Waals surface area contributed by atoms with Crippen LogP contribution in [0.25, 0.3) is 0 Å². The molecule has 2 aliphatic rings. The van der Waals surface area contributed by atoms with Gasteiger partial charge in [-0.3, -0.25) is 4.79 Å². The monoisotopic (exact) mass is 326 g/mol. The van der Waals surface area contributed by atoms with E-state index in [1.54, 1.807) is 18.1 Å². The summed E-state index contributed by atoms with van der Waals surface area (Å²) in [4.78, 5) is 17.2. The zero-order chi connectivity index (χ0) is 17.1. The molecule has 2 aromatic carbocycles. The van der Waals surface area contributed by atoms with Gasteiger partial charge in [-0.05, 0) is 31.2 Å². The van der Waals surface area contributed by atoms with Crippen LogP contribution < -0.4 is 9.80 Å². The van der Waals surface area contributed by atoms with E-state index in [4.69, 9.17) is 4.74 Å². The normalized spacial score (nSPS) is 24.7. The molecule has 124 valence electrons. The zero-order valence-electron chi connectivity index (χ0n) is 13.9. The third-order valence-electron chi connectivity index (χ3n) is 5.23. The fraction of sp³-hybridized carbons (Fsp3) is 0.316. The summed E-state index contributed by atoms with van der Waals surface area (Å²) in [5.41, 5.74) is 2.21. The van der Waals surface area contributed by atoms with E-state index < -0.39 is 11.6 Å². The van der Waals surface area contributed by atoms with Crippen molar-refractivity contribution in [3.63, 3.8) is 0 Å². The number of para-hydroxylation sites is 1. The van der Waals surface area contributed by atoms with Crippen LogP contribution in [0.15, 0.2) is 42.5 Å². The molecule has 4 nitrogen and oxygen atoms in total. The number of benzene rings is 2. The second-order valence-electron chi connectivity index (χ2n) is 6.24. The van der Waals surface area contributed by atoms with Gasteiger partial charge in [-0.2, -0.15) is 0 Å². The van der Waals surface area contributed by atoms with Crippen molar-refractivity contribution in [1.29, 1.82) is 0 Å². The summed E-state index contributed by atoms with van der Waals surface area (Å²) < 4.78 is 19.8. The second-order valence-corrected chi connectivity index (χ2v) is 6.24. The lowest BCUT2D eigenvalue weighted by atomic mass is 9.75. The van der Waals surface area contributed by atoms with E-state index >= 15 is 0 Å². The number of ether oxygens (including phenoxy) is 1. The predicted molar refractivity (Wildman–Crippen MR) is 90.8 cm³/mol. The maximum Gasteiger partial charge on any atom is 0.246 e. The number of hydrogen-bond donors (Lipinski definition) is 0. The van der Waals surface area contributed by atoms with E-state index in [9.17, 15) is 9.18 Å². The van der Waals surface area contributed by atoms with E-state index in [2.05, 4.69) is 0 Å². The number of hydrogen-bond acceptors (Lipinski definition) is 3. The van der Waals surface area contributed by atoms with Crippen LogP contribution in [0.1, 0.15) is 18.1 Å². The minimum atomic E-state index is -1.03. The minimum Gasteiger partial charge on any atom is -0.360 e. The van der Waals surface area contributed by atoms with Crippen molar-refractivity contribution in [2.24, 2.45) is 0 Å². The topological polar surface area (TPSA) is 32.8 Å². The van der Waals surface area contributed by atoms with Crippen LogP contribution in [-0.2, 0) is 14.9 Å². The first-order valence-electron chi connectivity index (χ1n) is 8.04. The standard InChI is InChI=1S/C19H19FN2O2/c1-4-22-16-8-6-5-7-13(16)19(17(22)23)14-11-12(20)9-10-15(14)21(2)18(19)24-3/h5-11,18H,4H2,1-3H3/t18-,19?/m1/s1. The highest BCUT2D eigenvalue weighted by Gasteiger charge is 2.62. The van der Waals surface area contributed by atoms with E-state index in [0.29, 0.717) is 12.1 Å². The third kappa shape index (κ3) is 1.58. The molecule has 1 spiro atoms. The summed E-state index contributed by atoms with van der Waals surface area (Å²) in [6.45, 7) is 2.50. The highest BCUT2D eigenvalue weighted by atomic mass is 19.1. The molecule has 0 saturated heterocycles. The van der Waals surface area contributed by atoms with Crippen LogP contribution in [0.2, 0.25) is 0 Å². The minimum absolute atomic E-state index is 0.0609. The molecule has 1 unspecified atom stereocenters. The van der Waals surface area contributed by atoms with Crippen molar-refractivity contribution in [2.45, 2.75) is 18.6 Å². The fourth-order valence-electron chi connectivity index (χ4n) is 4.31. The lowest BCUT2D eigenvalue weighted by molar-refractivity contribution is -0.125. The predicted octanol–water partition coefficient (Wildman–Crippen LogP) is 2.90. The molecule has 24 heavy (non-hydrogen) atoms. The summed E-state index contributed by atoms with van der Waals surface area (Å²) in [7, 11) is 3.47. The number of likely N-dealkylation sites (N-methyl/N-ethyl adjacent to an activating group) is 2. The first-order chi connectivity index (χ1) is 11.6.